The molecule has 0 bridgehead atoms. The summed E-state index contributed by atoms with van der Waals surface area (Å²) in [5.41, 5.74) is 0. The van der Waals surface area contributed by atoms with Gasteiger partial charge in [-0.15, -0.1) is 0 Å². The van der Waals surface area contributed by atoms with E-state index in [1.54, 1.807) is 0 Å². The Hall–Kier alpha value is -0.370. The highest BCUT2D eigenvalue weighted by molar-refractivity contribution is 5.79. The first-order valence-electron chi connectivity index (χ1n) is 3.40. The number of Topliss-reactive ketones (excluding diaryl/α,β-unsaturated/α-hetero) is 1. The summed E-state index contributed by atoms with van der Waals surface area (Å²) in [6.07, 6.45) is 1.58. The quantitative estimate of drug-likeness (QED) is 0.522. The monoisotopic (exact) mass is 128 g/mol. The van der Waals surface area contributed by atoms with Gasteiger partial charge in [0.05, 0.1) is 6.10 Å². The minimum absolute atomic E-state index is 0.186. The first-order chi connectivity index (χ1) is 4.20. The van der Waals surface area contributed by atoms with Crippen molar-refractivity contribution < 1.29 is 9.90 Å². The zero-order chi connectivity index (χ0) is 6.85. The maximum Gasteiger partial charge on any atom is 0.133 e. The summed E-state index contributed by atoms with van der Waals surface area (Å²) in [7, 11) is 0. The molecule has 0 saturated heterocycles. The van der Waals surface area contributed by atoms with Gasteiger partial charge < -0.3 is 5.11 Å². The van der Waals surface area contributed by atoms with Gasteiger partial charge in [-0.05, 0) is 12.3 Å². The molecule has 0 aliphatic heterocycles. The molecule has 0 aromatic heterocycles. The van der Waals surface area contributed by atoms with Crippen LogP contribution in [-0.2, 0) is 4.79 Å². The van der Waals surface area contributed by atoms with Crippen LogP contribution in [0.3, 0.4) is 0 Å². The average molecular weight is 128 g/mol. The Bertz CT molecular complexity index is 120. The van der Waals surface area contributed by atoms with Gasteiger partial charge in [-0.3, -0.25) is 4.79 Å². The van der Waals surface area contributed by atoms with Gasteiger partial charge in [0.1, 0.15) is 5.78 Å². The first kappa shape index (κ1) is 6.75. The molecule has 0 spiro atoms. The Morgan fingerprint density at radius 2 is 2.33 bits per heavy atom. The van der Waals surface area contributed by atoms with Crippen LogP contribution in [0.1, 0.15) is 26.2 Å². The molecule has 0 radical (unpaired) electrons. The summed E-state index contributed by atoms with van der Waals surface area (Å²) in [6.45, 7) is 1.92. The molecule has 9 heavy (non-hydrogen) atoms. The zero-order valence-electron chi connectivity index (χ0n) is 5.63. The van der Waals surface area contributed by atoms with Crippen molar-refractivity contribution in [2.45, 2.75) is 32.3 Å². The number of aliphatic hydroxyl groups excluding tert-OH is 1. The summed E-state index contributed by atoms with van der Waals surface area (Å²) < 4.78 is 0. The SMILES string of the molecule is C[C@H]1CC(=O)CC[C@@H]1O. The van der Waals surface area contributed by atoms with E-state index in [0.717, 1.165) is 0 Å². The Morgan fingerprint density at radius 3 is 2.78 bits per heavy atom. The molecule has 1 N–H and O–H groups in total. The Labute approximate surface area is 54.9 Å². The van der Waals surface area contributed by atoms with Crippen molar-refractivity contribution in [1.82, 2.24) is 0 Å². The summed E-state index contributed by atoms with van der Waals surface area (Å²) in [5.74, 6) is 0.485. The Balaban J connectivity index is 2.44. The van der Waals surface area contributed by atoms with E-state index >= 15 is 0 Å². The minimum atomic E-state index is -0.234. The number of ketones is 1. The molecule has 0 unspecified atom stereocenters. The molecule has 0 amide bonds. The lowest BCUT2D eigenvalue weighted by atomic mass is 9.87. The van der Waals surface area contributed by atoms with Crippen molar-refractivity contribution in [1.29, 1.82) is 0 Å². The van der Waals surface area contributed by atoms with Crippen LogP contribution >= 0.6 is 0 Å². The van der Waals surface area contributed by atoms with E-state index in [1.807, 2.05) is 6.92 Å². The maximum absolute atomic E-state index is 10.7. The second-order valence-corrected chi connectivity index (χ2v) is 2.83. The average Bonchev–Trinajstić information content (AvgIpc) is 1.80. The van der Waals surface area contributed by atoms with Crippen molar-refractivity contribution >= 4 is 5.78 Å². The second-order valence-electron chi connectivity index (χ2n) is 2.83. The van der Waals surface area contributed by atoms with Gasteiger partial charge in [-0.25, -0.2) is 0 Å². The smallest absolute Gasteiger partial charge is 0.133 e. The fourth-order valence-corrected chi connectivity index (χ4v) is 1.19. The van der Waals surface area contributed by atoms with Crippen LogP contribution in [0.15, 0.2) is 0 Å². The highest BCUT2D eigenvalue weighted by atomic mass is 16.3. The van der Waals surface area contributed by atoms with Crippen molar-refractivity contribution in [3.63, 3.8) is 0 Å². The van der Waals surface area contributed by atoms with Gasteiger partial charge in [0.15, 0.2) is 0 Å². The molecular weight excluding hydrogens is 116 g/mol. The Morgan fingerprint density at radius 1 is 1.67 bits per heavy atom. The highest BCUT2D eigenvalue weighted by Crippen LogP contribution is 2.20. The van der Waals surface area contributed by atoms with Gasteiger partial charge in [0.2, 0.25) is 0 Å². The molecule has 0 aromatic carbocycles. The topological polar surface area (TPSA) is 37.3 Å². The van der Waals surface area contributed by atoms with E-state index < -0.39 is 0 Å². The van der Waals surface area contributed by atoms with Crippen molar-refractivity contribution in [2.75, 3.05) is 0 Å². The summed E-state index contributed by atoms with van der Waals surface area (Å²) in [6, 6.07) is 0. The molecule has 1 aliphatic rings. The van der Waals surface area contributed by atoms with Crippen LogP contribution in [0.2, 0.25) is 0 Å². The largest absolute Gasteiger partial charge is 0.393 e. The van der Waals surface area contributed by atoms with Crippen LogP contribution in [-0.4, -0.2) is 17.0 Å². The number of carbonyl (C=O) groups excluding carboxylic acids is 1. The lowest BCUT2D eigenvalue weighted by Crippen LogP contribution is -2.26. The molecule has 0 heterocycles. The number of hydrogen-bond acceptors (Lipinski definition) is 2. The van der Waals surface area contributed by atoms with Crippen molar-refractivity contribution in [3.8, 4) is 0 Å². The first-order valence-corrected chi connectivity index (χ1v) is 3.40. The van der Waals surface area contributed by atoms with Crippen LogP contribution < -0.4 is 0 Å². The van der Waals surface area contributed by atoms with Crippen LogP contribution in [0.25, 0.3) is 0 Å². The zero-order valence-corrected chi connectivity index (χ0v) is 5.63. The third-order valence-corrected chi connectivity index (χ3v) is 1.93. The molecule has 1 saturated carbocycles. The second kappa shape index (κ2) is 2.48. The van der Waals surface area contributed by atoms with Crippen LogP contribution in [0.4, 0.5) is 0 Å². The summed E-state index contributed by atoms with van der Waals surface area (Å²) >= 11 is 0. The molecule has 52 valence electrons. The lowest BCUT2D eigenvalue weighted by molar-refractivity contribution is -0.124. The molecule has 2 atom stereocenters. The highest BCUT2D eigenvalue weighted by Gasteiger charge is 2.23. The summed E-state index contributed by atoms with van der Waals surface area (Å²) in [5, 5.41) is 9.14. The van der Waals surface area contributed by atoms with E-state index in [-0.39, 0.29) is 12.0 Å². The van der Waals surface area contributed by atoms with E-state index in [4.69, 9.17) is 5.11 Å². The minimum Gasteiger partial charge on any atom is -0.393 e. The van der Waals surface area contributed by atoms with Crippen LogP contribution in [0.5, 0.6) is 0 Å². The molecule has 1 aliphatic carbocycles. The number of carbonyl (C=O) groups is 1. The van der Waals surface area contributed by atoms with Gasteiger partial charge in [-0.2, -0.15) is 0 Å². The lowest BCUT2D eigenvalue weighted by Gasteiger charge is -2.22. The molecule has 2 heteroatoms. The van der Waals surface area contributed by atoms with Crippen LogP contribution in [0, 0.1) is 5.92 Å². The molecule has 0 aromatic rings. The normalized spacial score (nSPS) is 36.9. The van der Waals surface area contributed by atoms with Gasteiger partial charge in [-0.1, -0.05) is 6.92 Å². The van der Waals surface area contributed by atoms with E-state index in [1.165, 1.54) is 0 Å². The number of hydrogen-bond donors (Lipinski definition) is 1. The third kappa shape index (κ3) is 1.52. The van der Waals surface area contributed by atoms with Crippen molar-refractivity contribution in [3.05, 3.63) is 0 Å². The molecule has 2 nitrogen and oxygen atoms in total. The number of rotatable bonds is 0. The van der Waals surface area contributed by atoms with E-state index in [2.05, 4.69) is 0 Å². The number of aliphatic hydroxyl groups is 1. The van der Waals surface area contributed by atoms with Gasteiger partial charge in [0, 0.05) is 12.8 Å². The Kier molecular flexibility index (Phi) is 1.86. The fourth-order valence-electron chi connectivity index (χ4n) is 1.19. The van der Waals surface area contributed by atoms with Crippen molar-refractivity contribution in [2.24, 2.45) is 5.92 Å². The van der Waals surface area contributed by atoms with Gasteiger partial charge in [0.25, 0.3) is 0 Å². The molecular formula is C7H12O2. The van der Waals surface area contributed by atoms with E-state index in [0.29, 0.717) is 25.0 Å². The standard InChI is InChI=1S/C7H12O2/c1-5-4-6(8)2-3-7(5)9/h5,7,9H,2-4H2,1H3/t5-,7-/m0/s1. The van der Waals surface area contributed by atoms with Gasteiger partial charge >= 0.3 is 0 Å². The fraction of sp³-hybridized carbons (Fsp3) is 0.857. The summed E-state index contributed by atoms with van der Waals surface area (Å²) in [4.78, 5) is 10.7. The predicted octanol–water partition coefficient (Wildman–Crippen LogP) is 0.736. The molecule has 1 rings (SSSR count). The molecule has 1 fully saturated rings. The van der Waals surface area contributed by atoms with E-state index in [9.17, 15) is 4.79 Å². The third-order valence-electron chi connectivity index (χ3n) is 1.93. The predicted molar refractivity (Wildman–Crippen MR) is 34.0 cm³/mol. The maximum atomic E-state index is 10.7.